The highest BCUT2D eigenvalue weighted by molar-refractivity contribution is 6.31. The Kier molecular flexibility index (Phi) is 2.88. The standard InChI is InChI=1S/C12H8ClNO2/c13-9-3-4-10(12(15)16)11(6-9)8-2-1-5-14-7-8/h1-7H,(H,15,16). The lowest BCUT2D eigenvalue weighted by molar-refractivity contribution is 0.0698. The lowest BCUT2D eigenvalue weighted by atomic mass is 10.0. The summed E-state index contributed by atoms with van der Waals surface area (Å²) in [5, 5.41) is 9.56. The molecule has 3 nitrogen and oxygen atoms in total. The molecule has 0 saturated heterocycles. The van der Waals surface area contributed by atoms with Crippen molar-refractivity contribution in [2.75, 3.05) is 0 Å². The molecule has 1 heterocycles. The largest absolute Gasteiger partial charge is 0.478 e. The van der Waals surface area contributed by atoms with Crippen LogP contribution in [0.2, 0.25) is 5.02 Å². The SMILES string of the molecule is O=C(O)c1ccc(Cl)cc1-c1cccnc1. The predicted octanol–water partition coefficient (Wildman–Crippen LogP) is 3.10. The fraction of sp³-hybridized carbons (Fsp3) is 0. The Morgan fingerprint density at radius 2 is 2.12 bits per heavy atom. The van der Waals surface area contributed by atoms with E-state index in [0.717, 1.165) is 5.56 Å². The molecule has 1 N–H and O–H groups in total. The van der Waals surface area contributed by atoms with Gasteiger partial charge in [-0.15, -0.1) is 0 Å². The molecule has 2 aromatic rings. The third-order valence-corrected chi connectivity index (χ3v) is 2.42. The molecule has 0 spiro atoms. The molecule has 0 aliphatic carbocycles. The van der Waals surface area contributed by atoms with Gasteiger partial charge in [0.15, 0.2) is 0 Å². The van der Waals surface area contributed by atoms with Crippen LogP contribution in [0.15, 0.2) is 42.7 Å². The highest BCUT2D eigenvalue weighted by Crippen LogP contribution is 2.26. The number of nitrogens with zero attached hydrogens (tertiary/aromatic N) is 1. The molecule has 80 valence electrons. The third-order valence-electron chi connectivity index (χ3n) is 2.18. The van der Waals surface area contributed by atoms with Gasteiger partial charge in [0.1, 0.15) is 0 Å². The van der Waals surface area contributed by atoms with Crippen molar-refractivity contribution in [1.82, 2.24) is 4.98 Å². The molecular formula is C12H8ClNO2. The maximum absolute atomic E-state index is 11.0. The van der Waals surface area contributed by atoms with Crippen LogP contribution in [0.25, 0.3) is 11.1 Å². The molecule has 0 unspecified atom stereocenters. The quantitative estimate of drug-likeness (QED) is 0.867. The lowest BCUT2D eigenvalue weighted by Crippen LogP contribution is -1.99. The van der Waals surface area contributed by atoms with Crippen molar-refractivity contribution in [3.63, 3.8) is 0 Å². The van der Waals surface area contributed by atoms with Crippen LogP contribution in [-0.2, 0) is 0 Å². The second-order valence-corrected chi connectivity index (χ2v) is 3.67. The average Bonchev–Trinajstić information content (AvgIpc) is 2.29. The molecule has 0 amide bonds. The van der Waals surface area contributed by atoms with Gasteiger partial charge in [-0.05, 0) is 29.8 Å². The van der Waals surface area contributed by atoms with E-state index in [1.165, 1.54) is 6.07 Å². The Hall–Kier alpha value is -1.87. The maximum atomic E-state index is 11.0. The molecule has 2 rings (SSSR count). The Morgan fingerprint density at radius 1 is 1.31 bits per heavy atom. The molecule has 1 aromatic heterocycles. The summed E-state index contributed by atoms with van der Waals surface area (Å²) in [7, 11) is 0. The average molecular weight is 234 g/mol. The van der Waals surface area contributed by atoms with Gasteiger partial charge >= 0.3 is 5.97 Å². The van der Waals surface area contributed by atoms with Gasteiger partial charge in [-0.1, -0.05) is 17.7 Å². The van der Waals surface area contributed by atoms with E-state index in [1.807, 2.05) is 0 Å². The number of hydrogen-bond donors (Lipinski definition) is 1. The number of benzene rings is 1. The number of carbonyl (C=O) groups is 1. The second kappa shape index (κ2) is 4.33. The van der Waals surface area contributed by atoms with E-state index in [4.69, 9.17) is 16.7 Å². The number of carboxylic acid groups (broad SMARTS) is 1. The molecular weight excluding hydrogens is 226 g/mol. The fourth-order valence-corrected chi connectivity index (χ4v) is 1.64. The molecule has 0 saturated carbocycles. The van der Waals surface area contributed by atoms with Crippen LogP contribution in [0.3, 0.4) is 0 Å². The van der Waals surface area contributed by atoms with E-state index < -0.39 is 5.97 Å². The summed E-state index contributed by atoms with van der Waals surface area (Å²) in [4.78, 5) is 15.0. The van der Waals surface area contributed by atoms with Crippen LogP contribution in [-0.4, -0.2) is 16.1 Å². The number of aromatic carboxylic acids is 1. The Morgan fingerprint density at radius 3 is 2.75 bits per heavy atom. The molecule has 0 bridgehead atoms. The topological polar surface area (TPSA) is 50.2 Å². The first-order valence-electron chi connectivity index (χ1n) is 4.62. The smallest absolute Gasteiger partial charge is 0.336 e. The first-order chi connectivity index (χ1) is 7.68. The van der Waals surface area contributed by atoms with Crippen LogP contribution in [0.4, 0.5) is 0 Å². The van der Waals surface area contributed by atoms with E-state index in [-0.39, 0.29) is 5.56 Å². The van der Waals surface area contributed by atoms with Gasteiger partial charge in [0.25, 0.3) is 0 Å². The van der Waals surface area contributed by atoms with E-state index in [2.05, 4.69) is 4.98 Å². The predicted molar refractivity (Wildman–Crippen MR) is 61.6 cm³/mol. The van der Waals surface area contributed by atoms with E-state index >= 15 is 0 Å². The highest BCUT2D eigenvalue weighted by Gasteiger charge is 2.11. The van der Waals surface area contributed by atoms with Crippen molar-refractivity contribution in [2.45, 2.75) is 0 Å². The van der Waals surface area contributed by atoms with Crippen molar-refractivity contribution in [1.29, 1.82) is 0 Å². The Labute approximate surface area is 97.3 Å². The van der Waals surface area contributed by atoms with E-state index in [9.17, 15) is 4.79 Å². The molecule has 0 aliphatic rings. The molecule has 0 fully saturated rings. The third kappa shape index (κ3) is 2.04. The summed E-state index contributed by atoms with van der Waals surface area (Å²) < 4.78 is 0. The van der Waals surface area contributed by atoms with E-state index in [0.29, 0.717) is 10.6 Å². The van der Waals surface area contributed by atoms with Gasteiger partial charge in [0.2, 0.25) is 0 Å². The van der Waals surface area contributed by atoms with Crippen LogP contribution in [0.1, 0.15) is 10.4 Å². The highest BCUT2D eigenvalue weighted by atomic mass is 35.5. The normalized spacial score (nSPS) is 10.1. The van der Waals surface area contributed by atoms with Crippen LogP contribution >= 0.6 is 11.6 Å². The van der Waals surface area contributed by atoms with E-state index in [1.54, 1.807) is 36.7 Å². The summed E-state index contributed by atoms with van der Waals surface area (Å²) in [5.41, 5.74) is 1.54. The number of aromatic nitrogens is 1. The summed E-state index contributed by atoms with van der Waals surface area (Å²) in [6.07, 6.45) is 3.24. The van der Waals surface area contributed by atoms with Gasteiger partial charge in [-0.2, -0.15) is 0 Å². The number of carboxylic acids is 1. The minimum atomic E-state index is -0.976. The molecule has 0 radical (unpaired) electrons. The van der Waals surface area contributed by atoms with Gasteiger partial charge in [-0.25, -0.2) is 4.79 Å². The fourth-order valence-electron chi connectivity index (χ4n) is 1.46. The lowest BCUT2D eigenvalue weighted by Gasteiger charge is -2.06. The van der Waals surface area contributed by atoms with Crippen LogP contribution in [0.5, 0.6) is 0 Å². The summed E-state index contributed by atoms with van der Waals surface area (Å²) in [5.74, 6) is -0.976. The minimum absolute atomic E-state index is 0.220. The minimum Gasteiger partial charge on any atom is -0.478 e. The number of hydrogen-bond acceptors (Lipinski definition) is 2. The summed E-state index contributed by atoms with van der Waals surface area (Å²) in [6, 6.07) is 8.23. The Bertz CT molecular complexity index is 526. The van der Waals surface area contributed by atoms with Crippen molar-refractivity contribution < 1.29 is 9.90 Å². The van der Waals surface area contributed by atoms with Crippen molar-refractivity contribution in [3.05, 3.63) is 53.3 Å². The monoisotopic (exact) mass is 233 g/mol. The maximum Gasteiger partial charge on any atom is 0.336 e. The van der Waals surface area contributed by atoms with Gasteiger partial charge in [0, 0.05) is 23.0 Å². The summed E-state index contributed by atoms with van der Waals surface area (Å²) in [6.45, 7) is 0. The molecule has 4 heteroatoms. The number of rotatable bonds is 2. The van der Waals surface area contributed by atoms with Crippen molar-refractivity contribution in [2.24, 2.45) is 0 Å². The molecule has 0 aliphatic heterocycles. The van der Waals surface area contributed by atoms with Gasteiger partial charge < -0.3 is 5.11 Å². The van der Waals surface area contributed by atoms with Gasteiger partial charge in [0.05, 0.1) is 5.56 Å². The summed E-state index contributed by atoms with van der Waals surface area (Å²) >= 11 is 5.86. The van der Waals surface area contributed by atoms with Crippen LogP contribution < -0.4 is 0 Å². The number of halogens is 1. The first kappa shape index (κ1) is 10.6. The Balaban J connectivity index is 2.63. The van der Waals surface area contributed by atoms with Crippen LogP contribution in [0, 0.1) is 0 Å². The van der Waals surface area contributed by atoms with Gasteiger partial charge in [-0.3, -0.25) is 4.98 Å². The second-order valence-electron chi connectivity index (χ2n) is 3.24. The number of pyridine rings is 1. The zero-order valence-electron chi connectivity index (χ0n) is 8.22. The molecule has 0 atom stereocenters. The first-order valence-corrected chi connectivity index (χ1v) is 4.99. The zero-order valence-corrected chi connectivity index (χ0v) is 8.98. The molecule has 16 heavy (non-hydrogen) atoms. The molecule has 1 aromatic carbocycles. The van der Waals surface area contributed by atoms with Crippen molar-refractivity contribution in [3.8, 4) is 11.1 Å². The van der Waals surface area contributed by atoms with Crippen molar-refractivity contribution >= 4 is 17.6 Å². The zero-order chi connectivity index (χ0) is 11.5.